The molecule has 0 N–H and O–H groups in total. The Balaban J connectivity index is 1.95. The highest BCUT2D eigenvalue weighted by Crippen LogP contribution is 2.40. The summed E-state index contributed by atoms with van der Waals surface area (Å²) >= 11 is 1.70. The molecule has 0 bridgehead atoms. The summed E-state index contributed by atoms with van der Waals surface area (Å²) in [7, 11) is 2.13. The lowest BCUT2D eigenvalue weighted by atomic mass is 9.80. The first-order valence-electron chi connectivity index (χ1n) is 9.50. The van der Waals surface area contributed by atoms with Gasteiger partial charge >= 0.3 is 0 Å². The molecule has 3 heterocycles. The van der Waals surface area contributed by atoms with Crippen molar-refractivity contribution in [2.75, 3.05) is 0 Å². The monoisotopic (exact) mass is 387 g/mol. The summed E-state index contributed by atoms with van der Waals surface area (Å²) in [6.07, 6.45) is 3.93. The van der Waals surface area contributed by atoms with Gasteiger partial charge in [-0.05, 0) is 40.3 Å². The number of rotatable bonds is 1. The van der Waals surface area contributed by atoms with Crippen LogP contribution in [-0.2, 0) is 12.5 Å². The highest BCUT2D eigenvalue weighted by atomic mass is 32.1. The van der Waals surface area contributed by atoms with Crippen LogP contribution in [0.5, 0.6) is 0 Å². The molecule has 5 rings (SSSR count). The van der Waals surface area contributed by atoms with E-state index in [1.807, 2.05) is 0 Å². The molecule has 0 radical (unpaired) electrons. The van der Waals surface area contributed by atoms with Gasteiger partial charge in [0.15, 0.2) is 6.20 Å². The number of aryl methyl sites for hydroxylation is 2. The lowest BCUT2D eigenvalue weighted by Crippen LogP contribution is -2.30. The second kappa shape index (κ2) is 5.85. The van der Waals surface area contributed by atoms with Crippen LogP contribution in [0.4, 0.5) is 0 Å². The predicted octanol–water partition coefficient (Wildman–Crippen LogP) is 5.19. The Morgan fingerprint density at radius 1 is 1.07 bits per heavy atom. The quantitative estimate of drug-likeness (QED) is 0.371. The second-order valence-electron chi connectivity index (χ2n) is 8.47. The van der Waals surface area contributed by atoms with Gasteiger partial charge in [0.1, 0.15) is 18.1 Å². The zero-order valence-corrected chi connectivity index (χ0v) is 17.6. The van der Waals surface area contributed by atoms with Crippen LogP contribution in [0.3, 0.4) is 0 Å². The Morgan fingerprint density at radius 2 is 1.82 bits per heavy atom. The van der Waals surface area contributed by atoms with Crippen molar-refractivity contribution < 1.29 is 4.57 Å². The number of aromatic nitrogens is 4. The van der Waals surface area contributed by atoms with Gasteiger partial charge in [-0.25, -0.2) is 0 Å². The van der Waals surface area contributed by atoms with Gasteiger partial charge in [0.25, 0.3) is 0 Å². The van der Waals surface area contributed by atoms with Crippen LogP contribution in [0.2, 0.25) is 0 Å². The van der Waals surface area contributed by atoms with Crippen LogP contribution < -0.4 is 4.57 Å². The molecule has 0 unspecified atom stereocenters. The first-order valence-corrected chi connectivity index (χ1v) is 10.3. The van der Waals surface area contributed by atoms with Gasteiger partial charge in [-0.3, -0.25) is 4.40 Å². The van der Waals surface area contributed by atoms with Crippen LogP contribution in [0.15, 0.2) is 48.9 Å². The Kier molecular flexibility index (Phi) is 3.62. The number of benzene rings is 2. The fourth-order valence-electron chi connectivity index (χ4n) is 4.15. The molecular formula is C23H23N4S+. The Labute approximate surface area is 168 Å². The van der Waals surface area contributed by atoms with Crippen molar-refractivity contribution in [3.8, 4) is 11.3 Å². The molecule has 0 atom stereocenters. The molecule has 28 heavy (non-hydrogen) atoms. The van der Waals surface area contributed by atoms with Crippen LogP contribution in [-0.4, -0.2) is 14.6 Å². The minimum atomic E-state index is 0.0580. The third kappa shape index (κ3) is 2.39. The number of hydrogen-bond acceptors (Lipinski definition) is 3. The molecule has 5 heteroatoms. The van der Waals surface area contributed by atoms with Crippen molar-refractivity contribution in [1.82, 2.24) is 14.6 Å². The van der Waals surface area contributed by atoms with E-state index in [1.54, 1.807) is 17.7 Å². The zero-order valence-electron chi connectivity index (χ0n) is 16.8. The molecule has 140 valence electrons. The second-order valence-corrected chi connectivity index (χ2v) is 9.44. The van der Waals surface area contributed by atoms with E-state index in [0.29, 0.717) is 0 Å². The van der Waals surface area contributed by atoms with Crippen molar-refractivity contribution >= 4 is 37.3 Å². The van der Waals surface area contributed by atoms with Crippen LogP contribution in [0.25, 0.3) is 37.2 Å². The van der Waals surface area contributed by atoms with E-state index in [4.69, 9.17) is 0 Å². The molecule has 0 aliphatic rings. The predicted molar refractivity (Wildman–Crippen MR) is 116 cm³/mol. The molecule has 0 spiro atoms. The maximum absolute atomic E-state index is 4.27. The van der Waals surface area contributed by atoms with Gasteiger partial charge in [0.05, 0.1) is 11.1 Å². The summed E-state index contributed by atoms with van der Waals surface area (Å²) < 4.78 is 5.55. The summed E-state index contributed by atoms with van der Waals surface area (Å²) in [5.74, 6) is 0. The van der Waals surface area contributed by atoms with E-state index < -0.39 is 0 Å². The summed E-state index contributed by atoms with van der Waals surface area (Å²) in [5.41, 5.74) is 6.43. The van der Waals surface area contributed by atoms with Gasteiger partial charge < -0.3 is 0 Å². The summed E-state index contributed by atoms with van der Waals surface area (Å²) in [4.78, 5) is 0.928. The highest BCUT2D eigenvalue weighted by molar-refractivity contribution is 7.24. The van der Waals surface area contributed by atoms with Gasteiger partial charge in [-0.2, -0.15) is 4.57 Å². The maximum Gasteiger partial charge on any atom is 0.232 e. The maximum atomic E-state index is 4.27. The minimum absolute atomic E-state index is 0.0580. The van der Waals surface area contributed by atoms with Gasteiger partial charge in [0, 0.05) is 6.07 Å². The molecule has 3 aromatic heterocycles. The van der Waals surface area contributed by atoms with Crippen molar-refractivity contribution in [2.45, 2.75) is 33.1 Å². The summed E-state index contributed by atoms with van der Waals surface area (Å²) in [6.45, 7) is 9.11. The van der Waals surface area contributed by atoms with Crippen LogP contribution >= 0.6 is 11.3 Å². The van der Waals surface area contributed by atoms with Crippen molar-refractivity contribution in [1.29, 1.82) is 0 Å². The van der Waals surface area contributed by atoms with Gasteiger partial charge in [0.2, 0.25) is 10.7 Å². The molecule has 0 saturated carbocycles. The van der Waals surface area contributed by atoms with E-state index in [0.717, 1.165) is 10.5 Å². The molecule has 5 aromatic rings. The van der Waals surface area contributed by atoms with Gasteiger partial charge in [-0.15, -0.1) is 10.2 Å². The van der Waals surface area contributed by atoms with Crippen LogP contribution in [0.1, 0.15) is 31.9 Å². The van der Waals surface area contributed by atoms with E-state index in [-0.39, 0.29) is 5.41 Å². The zero-order chi connectivity index (χ0) is 19.6. The highest BCUT2D eigenvalue weighted by Gasteiger charge is 2.26. The van der Waals surface area contributed by atoms with Crippen LogP contribution in [0, 0.1) is 6.92 Å². The lowest BCUT2D eigenvalue weighted by molar-refractivity contribution is -0.659. The topological polar surface area (TPSA) is 34.1 Å². The van der Waals surface area contributed by atoms with E-state index in [9.17, 15) is 0 Å². The smallest absolute Gasteiger partial charge is 0.232 e. The molecule has 4 nitrogen and oxygen atoms in total. The Morgan fingerprint density at radius 3 is 2.57 bits per heavy atom. The van der Waals surface area contributed by atoms with Gasteiger partial charge in [-0.1, -0.05) is 56.4 Å². The number of hydrogen-bond donors (Lipinski definition) is 0. The normalized spacial score (nSPS) is 12.5. The van der Waals surface area contributed by atoms with Crippen molar-refractivity contribution in [3.63, 3.8) is 0 Å². The molecular weight excluding hydrogens is 364 g/mol. The summed E-state index contributed by atoms with van der Waals surface area (Å²) in [6, 6.07) is 13.3. The number of thiazole rings is 1. The molecule has 2 aromatic carbocycles. The van der Waals surface area contributed by atoms with E-state index in [1.165, 1.54) is 37.9 Å². The van der Waals surface area contributed by atoms with E-state index >= 15 is 0 Å². The molecule has 0 saturated heterocycles. The fourth-order valence-corrected chi connectivity index (χ4v) is 5.29. The SMILES string of the molecule is Cc1c(-c2c3sc4nncn4c3cc[n+]2C)cc(C(C)(C)C)c2ccccc12. The average Bonchev–Trinajstić information content (AvgIpc) is 3.23. The average molecular weight is 388 g/mol. The lowest BCUT2D eigenvalue weighted by Gasteiger charge is -2.23. The van der Waals surface area contributed by atoms with Crippen molar-refractivity contribution in [2.24, 2.45) is 7.05 Å². The van der Waals surface area contributed by atoms with Crippen molar-refractivity contribution in [3.05, 3.63) is 60.0 Å². The molecule has 0 aliphatic carbocycles. The minimum Gasteiger partial charge on any atom is -0.272 e. The third-order valence-electron chi connectivity index (χ3n) is 5.60. The number of fused-ring (bicyclic) bond motifs is 4. The Bertz CT molecular complexity index is 1370. The number of nitrogens with zero attached hydrogens (tertiary/aromatic N) is 4. The Hall–Kier alpha value is -2.79. The molecule has 0 amide bonds. The van der Waals surface area contributed by atoms with E-state index in [2.05, 4.69) is 96.5 Å². The fraction of sp³-hybridized carbons (Fsp3) is 0.261. The first-order chi connectivity index (χ1) is 13.4. The molecule has 0 aliphatic heterocycles. The standard InChI is InChI=1S/C23H23N4S/c1-14-15-8-6-7-9-16(15)18(23(2,3)4)12-17(14)20-21-19(10-11-26(20)5)27-13-24-25-22(27)28-21/h6-13H,1-5H3/q+1. The number of pyridine rings is 1. The first kappa shape index (κ1) is 17.3. The molecule has 0 fully saturated rings. The summed E-state index contributed by atoms with van der Waals surface area (Å²) in [5, 5.41) is 11.0. The third-order valence-corrected chi connectivity index (χ3v) is 6.67. The largest absolute Gasteiger partial charge is 0.272 e.